The van der Waals surface area contributed by atoms with Crippen molar-refractivity contribution in [2.24, 2.45) is 0 Å². The maximum atomic E-state index is 12.3. The molecule has 5 nitrogen and oxygen atoms in total. The van der Waals surface area contributed by atoms with E-state index in [1.165, 1.54) is 0 Å². The van der Waals surface area contributed by atoms with E-state index in [-0.39, 0.29) is 5.91 Å². The third-order valence-corrected chi connectivity index (χ3v) is 3.85. The Balaban J connectivity index is 1.59. The van der Waals surface area contributed by atoms with Gasteiger partial charge in [-0.3, -0.25) is 4.79 Å². The van der Waals surface area contributed by atoms with Crippen molar-refractivity contribution in [3.8, 4) is 5.75 Å². The monoisotopic (exact) mass is 385 g/mol. The summed E-state index contributed by atoms with van der Waals surface area (Å²) in [5.41, 5.74) is 1.29. The summed E-state index contributed by atoms with van der Waals surface area (Å²) >= 11 is 3.37. The zero-order valence-corrected chi connectivity index (χ0v) is 14.4. The SMILES string of the molecule is O=C(Nc1cccc(OCCn2ccnc2)c1)c1cccc(Br)c1. The van der Waals surface area contributed by atoms with E-state index >= 15 is 0 Å². The van der Waals surface area contributed by atoms with Crippen LogP contribution in [0.4, 0.5) is 5.69 Å². The van der Waals surface area contributed by atoms with Crippen LogP contribution in [0.1, 0.15) is 10.4 Å². The van der Waals surface area contributed by atoms with Crippen LogP contribution in [0.3, 0.4) is 0 Å². The Hall–Kier alpha value is -2.60. The summed E-state index contributed by atoms with van der Waals surface area (Å²) in [6, 6.07) is 14.6. The number of hydrogen-bond donors (Lipinski definition) is 1. The van der Waals surface area contributed by atoms with E-state index in [0.29, 0.717) is 30.2 Å². The molecule has 0 aliphatic heterocycles. The molecule has 0 saturated heterocycles. The van der Waals surface area contributed by atoms with Crippen LogP contribution < -0.4 is 10.1 Å². The molecule has 1 heterocycles. The Labute approximate surface area is 148 Å². The first-order valence-electron chi connectivity index (χ1n) is 7.46. The molecule has 0 radical (unpaired) electrons. The second-order valence-corrected chi connectivity index (χ2v) is 6.06. The normalized spacial score (nSPS) is 10.4. The quantitative estimate of drug-likeness (QED) is 0.697. The number of imidazole rings is 1. The van der Waals surface area contributed by atoms with Crippen LogP contribution in [-0.2, 0) is 6.54 Å². The Kier molecular flexibility index (Phi) is 5.28. The van der Waals surface area contributed by atoms with E-state index in [1.54, 1.807) is 24.7 Å². The van der Waals surface area contributed by atoms with Crippen molar-refractivity contribution in [1.29, 1.82) is 0 Å². The van der Waals surface area contributed by atoms with Crippen LogP contribution in [0.25, 0.3) is 0 Å². The molecule has 0 bridgehead atoms. The zero-order chi connectivity index (χ0) is 16.8. The minimum absolute atomic E-state index is 0.160. The van der Waals surface area contributed by atoms with Crippen LogP contribution in [-0.4, -0.2) is 22.1 Å². The predicted octanol–water partition coefficient (Wildman–Crippen LogP) is 3.98. The fraction of sp³-hybridized carbons (Fsp3) is 0.111. The number of carbonyl (C=O) groups is 1. The summed E-state index contributed by atoms with van der Waals surface area (Å²) in [5, 5.41) is 2.87. The molecule has 122 valence electrons. The largest absolute Gasteiger partial charge is 0.492 e. The van der Waals surface area contributed by atoms with E-state index in [1.807, 2.05) is 47.2 Å². The molecule has 3 aromatic rings. The number of ether oxygens (including phenoxy) is 1. The van der Waals surface area contributed by atoms with Gasteiger partial charge in [-0.15, -0.1) is 0 Å². The molecule has 3 rings (SSSR count). The molecule has 0 spiro atoms. The molecule has 0 aliphatic carbocycles. The molecule has 0 saturated carbocycles. The highest BCUT2D eigenvalue weighted by atomic mass is 79.9. The second-order valence-electron chi connectivity index (χ2n) is 5.14. The van der Waals surface area contributed by atoms with Gasteiger partial charge < -0.3 is 14.6 Å². The van der Waals surface area contributed by atoms with Gasteiger partial charge in [0.1, 0.15) is 12.4 Å². The minimum atomic E-state index is -0.160. The average Bonchev–Trinajstić information content (AvgIpc) is 3.09. The lowest BCUT2D eigenvalue weighted by Gasteiger charge is -2.10. The maximum Gasteiger partial charge on any atom is 0.255 e. The van der Waals surface area contributed by atoms with Crippen LogP contribution in [0.5, 0.6) is 5.75 Å². The first kappa shape index (κ1) is 16.3. The Morgan fingerprint density at radius 3 is 2.88 bits per heavy atom. The third kappa shape index (κ3) is 4.45. The summed E-state index contributed by atoms with van der Waals surface area (Å²) in [5.74, 6) is 0.550. The molecule has 0 atom stereocenters. The number of nitrogens with one attached hydrogen (secondary N) is 1. The molecule has 1 aromatic heterocycles. The van der Waals surface area contributed by atoms with Gasteiger partial charge in [0.2, 0.25) is 0 Å². The van der Waals surface area contributed by atoms with Crippen LogP contribution in [0.15, 0.2) is 71.7 Å². The third-order valence-electron chi connectivity index (χ3n) is 3.36. The molecule has 1 amide bonds. The van der Waals surface area contributed by atoms with Crippen molar-refractivity contribution in [2.75, 3.05) is 11.9 Å². The number of benzene rings is 2. The number of rotatable bonds is 6. The predicted molar refractivity (Wildman–Crippen MR) is 96.3 cm³/mol. The van der Waals surface area contributed by atoms with Gasteiger partial charge in [-0.25, -0.2) is 4.98 Å². The Morgan fingerprint density at radius 2 is 2.08 bits per heavy atom. The minimum Gasteiger partial charge on any atom is -0.492 e. The van der Waals surface area contributed by atoms with Gasteiger partial charge >= 0.3 is 0 Å². The summed E-state index contributed by atoms with van der Waals surface area (Å²) in [4.78, 5) is 16.3. The number of hydrogen-bond acceptors (Lipinski definition) is 3. The standard InChI is InChI=1S/C18H16BrN3O2/c19-15-4-1-3-14(11-15)18(23)21-16-5-2-6-17(12-16)24-10-9-22-8-7-20-13-22/h1-8,11-13H,9-10H2,(H,21,23). The lowest BCUT2D eigenvalue weighted by Crippen LogP contribution is -2.12. The number of nitrogens with zero attached hydrogens (tertiary/aromatic N) is 2. The lowest BCUT2D eigenvalue weighted by molar-refractivity contribution is 0.102. The highest BCUT2D eigenvalue weighted by molar-refractivity contribution is 9.10. The van der Waals surface area contributed by atoms with E-state index in [9.17, 15) is 4.79 Å². The highest BCUT2D eigenvalue weighted by Crippen LogP contribution is 2.19. The fourth-order valence-corrected chi connectivity index (χ4v) is 2.58. The van der Waals surface area contributed by atoms with Gasteiger partial charge in [0, 0.05) is 34.2 Å². The van der Waals surface area contributed by atoms with E-state index in [0.717, 1.165) is 4.47 Å². The molecule has 0 unspecified atom stereocenters. The average molecular weight is 386 g/mol. The zero-order valence-electron chi connectivity index (χ0n) is 12.9. The number of aromatic nitrogens is 2. The molecule has 2 aromatic carbocycles. The Bertz CT molecular complexity index is 819. The Morgan fingerprint density at radius 1 is 1.21 bits per heavy atom. The van der Waals surface area contributed by atoms with E-state index in [4.69, 9.17) is 4.74 Å². The van der Waals surface area contributed by atoms with E-state index < -0.39 is 0 Å². The first-order valence-corrected chi connectivity index (χ1v) is 8.25. The molecule has 6 heteroatoms. The van der Waals surface area contributed by atoms with Gasteiger partial charge in [0.05, 0.1) is 12.9 Å². The molecule has 1 N–H and O–H groups in total. The number of carbonyl (C=O) groups excluding carboxylic acids is 1. The number of anilines is 1. The molecule has 0 aliphatic rings. The van der Waals surface area contributed by atoms with Gasteiger partial charge in [-0.05, 0) is 30.3 Å². The van der Waals surface area contributed by atoms with Gasteiger partial charge in [-0.1, -0.05) is 28.1 Å². The van der Waals surface area contributed by atoms with Crippen molar-refractivity contribution < 1.29 is 9.53 Å². The van der Waals surface area contributed by atoms with E-state index in [2.05, 4.69) is 26.2 Å². The number of amides is 1. The van der Waals surface area contributed by atoms with Crippen molar-refractivity contribution >= 4 is 27.5 Å². The fourth-order valence-electron chi connectivity index (χ4n) is 2.18. The summed E-state index contributed by atoms with van der Waals surface area (Å²) < 4.78 is 8.53. The number of halogens is 1. The van der Waals surface area contributed by atoms with Crippen LogP contribution >= 0.6 is 15.9 Å². The van der Waals surface area contributed by atoms with Crippen LogP contribution in [0, 0.1) is 0 Å². The van der Waals surface area contributed by atoms with Crippen molar-refractivity contribution in [3.05, 3.63) is 77.3 Å². The summed E-state index contributed by atoms with van der Waals surface area (Å²) in [6.45, 7) is 1.24. The smallest absolute Gasteiger partial charge is 0.255 e. The highest BCUT2D eigenvalue weighted by Gasteiger charge is 2.07. The van der Waals surface area contributed by atoms with Gasteiger partial charge in [-0.2, -0.15) is 0 Å². The van der Waals surface area contributed by atoms with Crippen molar-refractivity contribution in [3.63, 3.8) is 0 Å². The summed E-state index contributed by atoms with van der Waals surface area (Å²) in [7, 11) is 0. The molecule has 24 heavy (non-hydrogen) atoms. The van der Waals surface area contributed by atoms with Gasteiger partial charge in [0.15, 0.2) is 0 Å². The maximum absolute atomic E-state index is 12.3. The van der Waals surface area contributed by atoms with Crippen molar-refractivity contribution in [2.45, 2.75) is 6.54 Å². The molecular weight excluding hydrogens is 370 g/mol. The lowest BCUT2D eigenvalue weighted by atomic mass is 10.2. The molecular formula is C18H16BrN3O2. The molecule has 0 fully saturated rings. The summed E-state index contributed by atoms with van der Waals surface area (Å²) in [6.07, 6.45) is 5.37. The first-order chi connectivity index (χ1) is 11.7. The topological polar surface area (TPSA) is 56.1 Å². The van der Waals surface area contributed by atoms with Gasteiger partial charge in [0.25, 0.3) is 5.91 Å². The van der Waals surface area contributed by atoms with Crippen LogP contribution in [0.2, 0.25) is 0 Å². The van der Waals surface area contributed by atoms with Crippen molar-refractivity contribution in [1.82, 2.24) is 9.55 Å². The second kappa shape index (κ2) is 7.79.